The summed E-state index contributed by atoms with van der Waals surface area (Å²) in [6.45, 7) is 8.45. The van der Waals surface area contributed by atoms with Gasteiger partial charge in [0, 0.05) is 56.3 Å². The van der Waals surface area contributed by atoms with E-state index >= 15 is 0 Å². The molecule has 0 amide bonds. The third-order valence-electron chi connectivity index (χ3n) is 6.03. The Morgan fingerprint density at radius 1 is 1.00 bits per heavy atom. The summed E-state index contributed by atoms with van der Waals surface area (Å²) in [7, 11) is -1.38. The molecule has 2 heterocycles. The van der Waals surface area contributed by atoms with Gasteiger partial charge in [-0.15, -0.1) is 0 Å². The summed E-state index contributed by atoms with van der Waals surface area (Å²) in [5.41, 5.74) is 4.82. The first kappa shape index (κ1) is 27.1. The van der Waals surface area contributed by atoms with E-state index in [0.29, 0.717) is 23.3 Å². The fraction of sp³-hybridized carbons (Fsp3) is 0.360. The second kappa shape index (κ2) is 12.1. The standard InChI is InChI=1S/C25H33ClN8O2S/c1-4-28-37(35,36)29-16-19-6-5-7-20(15-19)30-24-22(26)17-27-25(32-24)31-21-8-9-23(18(2)14-21)34-12-10-33(3)11-13-34/h5-9,14-15,17,28-29H,4,10-13,16H2,1-3H3,(H2,27,30,31,32). The van der Waals surface area contributed by atoms with Gasteiger partial charge in [0.25, 0.3) is 10.2 Å². The molecule has 0 aliphatic carbocycles. The molecule has 2 aromatic carbocycles. The quantitative estimate of drug-likeness (QED) is 0.306. The molecule has 1 saturated heterocycles. The van der Waals surface area contributed by atoms with E-state index in [0.717, 1.165) is 43.1 Å². The normalized spacial score (nSPS) is 14.5. The second-order valence-electron chi connectivity index (χ2n) is 8.95. The van der Waals surface area contributed by atoms with Crippen LogP contribution in [0.5, 0.6) is 0 Å². The van der Waals surface area contributed by atoms with E-state index in [2.05, 4.69) is 65.9 Å². The highest BCUT2D eigenvalue weighted by Gasteiger charge is 2.16. The average molecular weight is 545 g/mol. The maximum Gasteiger partial charge on any atom is 0.277 e. The van der Waals surface area contributed by atoms with Gasteiger partial charge in [0.05, 0.1) is 6.20 Å². The third kappa shape index (κ3) is 7.53. The Morgan fingerprint density at radius 3 is 2.49 bits per heavy atom. The lowest BCUT2D eigenvalue weighted by Gasteiger charge is -2.35. The summed E-state index contributed by atoms with van der Waals surface area (Å²) in [5.74, 6) is 0.850. The predicted molar refractivity (Wildman–Crippen MR) is 150 cm³/mol. The minimum Gasteiger partial charge on any atom is -0.369 e. The van der Waals surface area contributed by atoms with Crippen LogP contribution in [0, 0.1) is 6.92 Å². The Morgan fingerprint density at radius 2 is 1.76 bits per heavy atom. The highest BCUT2D eigenvalue weighted by atomic mass is 35.5. The van der Waals surface area contributed by atoms with E-state index in [4.69, 9.17) is 11.6 Å². The molecule has 10 nitrogen and oxygen atoms in total. The van der Waals surface area contributed by atoms with Crippen molar-refractivity contribution in [3.8, 4) is 0 Å². The number of halogens is 1. The van der Waals surface area contributed by atoms with Crippen LogP contribution in [0.15, 0.2) is 48.7 Å². The van der Waals surface area contributed by atoms with Gasteiger partial charge in [-0.25, -0.2) is 9.71 Å². The molecule has 1 aromatic heterocycles. The molecule has 0 saturated carbocycles. The van der Waals surface area contributed by atoms with Gasteiger partial charge in [-0.3, -0.25) is 0 Å². The van der Waals surface area contributed by atoms with Crippen LogP contribution in [0.25, 0.3) is 0 Å². The van der Waals surface area contributed by atoms with Crippen LogP contribution in [0.4, 0.5) is 28.8 Å². The van der Waals surface area contributed by atoms with Crippen molar-refractivity contribution in [1.29, 1.82) is 0 Å². The lowest BCUT2D eigenvalue weighted by molar-refractivity contribution is 0.312. The third-order valence-corrected chi connectivity index (χ3v) is 7.50. The van der Waals surface area contributed by atoms with E-state index in [9.17, 15) is 8.42 Å². The average Bonchev–Trinajstić information content (AvgIpc) is 2.86. The van der Waals surface area contributed by atoms with Crippen molar-refractivity contribution in [2.24, 2.45) is 0 Å². The number of likely N-dealkylation sites (N-methyl/N-ethyl adjacent to an activating group) is 1. The van der Waals surface area contributed by atoms with Crippen molar-refractivity contribution in [1.82, 2.24) is 24.3 Å². The Labute approximate surface area is 223 Å². The van der Waals surface area contributed by atoms with Crippen LogP contribution in [0.3, 0.4) is 0 Å². The second-order valence-corrected chi connectivity index (χ2v) is 10.9. The van der Waals surface area contributed by atoms with Crippen molar-refractivity contribution < 1.29 is 8.42 Å². The van der Waals surface area contributed by atoms with Gasteiger partial charge in [0.1, 0.15) is 5.02 Å². The molecular formula is C25H33ClN8O2S. The first-order valence-corrected chi connectivity index (χ1v) is 14.0. The number of aryl methyl sites for hydroxylation is 1. The van der Waals surface area contributed by atoms with Gasteiger partial charge in [-0.05, 0) is 55.4 Å². The lowest BCUT2D eigenvalue weighted by atomic mass is 10.1. The fourth-order valence-corrected chi connectivity index (χ4v) is 5.07. The molecule has 0 unspecified atom stereocenters. The van der Waals surface area contributed by atoms with Crippen molar-refractivity contribution in [3.63, 3.8) is 0 Å². The topological polar surface area (TPSA) is 115 Å². The van der Waals surface area contributed by atoms with Crippen LogP contribution in [-0.4, -0.2) is 63.1 Å². The number of anilines is 5. The number of piperazine rings is 1. The zero-order valence-electron chi connectivity index (χ0n) is 21.3. The fourth-order valence-electron chi connectivity index (χ4n) is 4.09. The number of benzene rings is 2. The summed E-state index contributed by atoms with van der Waals surface area (Å²) in [6, 6.07) is 13.6. The van der Waals surface area contributed by atoms with E-state index in [1.54, 1.807) is 13.1 Å². The maximum absolute atomic E-state index is 11.9. The Kier molecular flexibility index (Phi) is 8.83. The van der Waals surface area contributed by atoms with Gasteiger partial charge in [0.2, 0.25) is 5.95 Å². The Balaban J connectivity index is 1.43. The SMILES string of the molecule is CCNS(=O)(=O)NCc1cccc(Nc2nc(Nc3ccc(N4CCN(C)CC4)c(C)c3)ncc2Cl)c1. The first-order chi connectivity index (χ1) is 17.7. The molecule has 4 N–H and O–H groups in total. The molecule has 0 bridgehead atoms. The van der Waals surface area contributed by atoms with E-state index in [1.807, 2.05) is 30.3 Å². The van der Waals surface area contributed by atoms with E-state index in [-0.39, 0.29) is 6.54 Å². The van der Waals surface area contributed by atoms with Gasteiger partial charge in [-0.2, -0.15) is 18.1 Å². The van der Waals surface area contributed by atoms with Gasteiger partial charge in [0.15, 0.2) is 5.82 Å². The molecule has 0 radical (unpaired) electrons. The number of hydrogen-bond donors (Lipinski definition) is 4. The van der Waals surface area contributed by atoms with Crippen molar-refractivity contribution >= 4 is 50.6 Å². The summed E-state index contributed by atoms with van der Waals surface area (Å²) in [4.78, 5) is 13.6. The van der Waals surface area contributed by atoms with Crippen LogP contribution < -0.4 is 25.0 Å². The first-order valence-electron chi connectivity index (χ1n) is 12.2. The highest BCUT2D eigenvalue weighted by Crippen LogP contribution is 2.28. The monoisotopic (exact) mass is 544 g/mol. The van der Waals surface area contributed by atoms with Crippen molar-refractivity contribution in [2.75, 3.05) is 55.3 Å². The molecule has 3 aromatic rings. The van der Waals surface area contributed by atoms with Gasteiger partial charge >= 0.3 is 0 Å². The highest BCUT2D eigenvalue weighted by molar-refractivity contribution is 7.87. The van der Waals surface area contributed by atoms with Crippen LogP contribution in [0.2, 0.25) is 5.02 Å². The maximum atomic E-state index is 11.9. The number of hydrogen-bond acceptors (Lipinski definition) is 8. The number of rotatable bonds is 10. The van der Waals surface area contributed by atoms with Crippen LogP contribution in [-0.2, 0) is 16.8 Å². The molecule has 0 atom stereocenters. The van der Waals surface area contributed by atoms with Gasteiger partial charge < -0.3 is 20.4 Å². The number of nitrogens with zero attached hydrogens (tertiary/aromatic N) is 4. The smallest absolute Gasteiger partial charge is 0.277 e. The summed E-state index contributed by atoms with van der Waals surface area (Å²) in [6.07, 6.45) is 1.54. The molecular weight excluding hydrogens is 512 g/mol. The summed E-state index contributed by atoms with van der Waals surface area (Å²) < 4.78 is 28.6. The molecule has 37 heavy (non-hydrogen) atoms. The van der Waals surface area contributed by atoms with Crippen molar-refractivity contribution in [3.05, 3.63) is 64.8 Å². The molecule has 1 aliphatic heterocycles. The predicted octanol–water partition coefficient (Wildman–Crippen LogP) is 3.62. The van der Waals surface area contributed by atoms with Crippen molar-refractivity contribution in [2.45, 2.75) is 20.4 Å². The number of aromatic nitrogens is 2. The molecule has 4 rings (SSSR count). The molecule has 1 aliphatic rings. The largest absolute Gasteiger partial charge is 0.369 e. The zero-order chi connectivity index (χ0) is 26.4. The van der Waals surface area contributed by atoms with E-state index in [1.165, 1.54) is 11.3 Å². The Bertz CT molecular complexity index is 1330. The van der Waals surface area contributed by atoms with Gasteiger partial charge in [-0.1, -0.05) is 30.7 Å². The minimum absolute atomic E-state index is 0.151. The summed E-state index contributed by atoms with van der Waals surface area (Å²) in [5, 5.41) is 6.83. The molecule has 1 fully saturated rings. The Hall–Kier alpha value is -2.96. The molecule has 12 heteroatoms. The van der Waals surface area contributed by atoms with Crippen LogP contribution in [0.1, 0.15) is 18.1 Å². The van der Waals surface area contributed by atoms with Crippen LogP contribution >= 0.6 is 11.6 Å². The zero-order valence-corrected chi connectivity index (χ0v) is 22.8. The summed E-state index contributed by atoms with van der Waals surface area (Å²) >= 11 is 6.36. The van der Waals surface area contributed by atoms with E-state index < -0.39 is 10.2 Å². The minimum atomic E-state index is -3.53. The lowest BCUT2D eigenvalue weighted by Crippen LogP contribution is -2.44. The number of nitrogens with one attached hydrogen (secondary N) is 4. The molecule has 0 spiro atoms. The molecule has 198 valence electrons.